The number of carbonyl (C=O) groups is 1. The zero-order valence-corrected chi connectivity index (χ0v) is 14.8. The topological polar surface area (TPSA) is 69.0 Å². The standard InChI is InChI=1S/C18H12F6N4O2/c19-17(20,21)15-14(16(29)26-9-11-2-1-7-25-8-11)10-27-28(15)12-3-5-13(6-4-12)30-18(22,23)24/h1-8,10H,9H2,(H,26,29). The Kier molecular flexibility index (Phi) is 5.67. The van der Waals surface area contributed by atoms with Gasteiger partial charge < -0.3 is 10.1 Å². The summed E-state index contributed by atoms with van der Waals surface area (Å²) in [5.41, 5.74) is -1.73. The zero-order chi connectivity index (χ0) is 21.9. The van der Waals surface area contributed by atoms with Gasteiger partial charge in [-0.1, -0.05) is 6.07 Å². The van der Waals surface area contributed by atoms with Gasteiger partial charge in [0.2, 0.25) is 0 Å². The molecule has 1 amide bonds. The predicted octanol–water partition coefficient (Wildman–Crippen LogP) is 4.11. The van der Waals surface area contributed by atoms with Crippen molar-refractivity contribution in [2.24, 2.45) is 0 Å². The summed E-state index contributed by atoms with van der Waals surface area (Å²) in [5.74, 6) is -1.63. The van der Waals surface area contributed by atoms with Crippen LogP contribution in [0, 0.1) is 0 Å². The van der Waals surface area contributed by atoms with Crippen LogP contribution < -0.4 is 10.1 Å². The van der Waals surface area contributed by atoms with E-state index < -0.39 is 35.5 Å². The first kappa shape index (κ1) is 21.1. The number of nitrogens with one attached hydrogen (secondary N) is 1. The number of hydrogen-bond donors (Lipinski definition) is 1. The first-order chi connectivity index (χ1) is 14.0. The van der Waals surface area contributed by atoms with Gasteiger partial charge in [-0.05, 0) is 35.9 Å². The normalized spacial score (nSPS) is 11.9. The van der Waals surface area contributed by atoms with Crippen LogP contribution in [0.2, 0.25) is 0 Å². The molecule has 30 heavy (non-hydrogen) atoms. The molecular formula is C18H12F6N4O2. The van der Waals surface area contributed by atoms with E-state index in [0.29, 0.717) is 10.2 Å². The highest BCUT2D eigenvalue weighted by atomic mass is 19.4. The third-order valence-electron chi connectivity index (χ3n) is 3.77. The summed E-state index contributed by atoms with van der Waals surface area (Å²) in [5, 5.41) is 5.94. The fraction of sp³-hybridized carbons (Fsp3) is 0.167. The Bertz CT molecular complexity index is 1010. The van der Waals surface area contributed by atoms with Crippen molar-refractivity contribution in [3.05, 3.63) is 71.8 Å². The average Bonchev–Trinajstić information content (AvgIpc) is 3.12. The lowest BCUT2D eigenvalue weighted by molar-refractivity contribution is -0.274. The third kappa shape index (κ3) is 5.07. The second-order valence-electron chi connectivity index (χ2n) is 5.90. The van der Waals surface area contributed by atoms with Crippen LogP contribution >= 0.6 is 0 Å². The summed E-state index contributed by atoms with van der Waals surface area (Å²) in [4.78, 5) is 16.1. The molecule has 1 N–H and O–H groups in total. The van der Waals surface area contributed by atoms with Gasteiger partial charge >= 0.3 is 12.5 Å². The van der Waals surface area contributed by atoms with E-state index in [2.05, 4.69) is 20.1 Å². The minimum atomic E-state index is -4.96. The molecule has 6 nitrogen and oxygen atoms in total. The second-order valence-corrected chi connectivity index (χ2v) is 5.90. The highest BCUT2D eigenvalue weighted by molar-refractivity contribution is 5.95. The molecule has 0 aliphatic rings. The highest BCUT2D eigenvalue weighted by Crippen LogP contribution is 2.34. The first-order valence-electron chi connectivity index (χ1n) is 8.23. The Morgan fingerprint density at radius 3 is 2.30 bits per heavy atom. The van der Waals surface area contributed by atoms with Crippen molar-refractivity contribution >= 4 is 5.91 Å². The fourth-order valence-electron chi connectivity index (χ4n) is 2.55. The predicted molar refractivity (Wildman–Crippen MR) is 90.7 cm³/mol. The van der Waals surface area contributed by atoms with E-state index in [0.717, 1.165) is 30.5 Å². The maximum absolute atomic E-state index is 13.6. The van der Waals surface area contributed by atoms with Crippen molar-refractivity contribution in [3.8, 4) is 11.4 Å². The Hall–Kier alpha value is -3.57. The van der Waals surface area contributed by atoms with E-state index in [1.54, 1.807) is 12.1 Å². The number of amides is 1. The number of pyridine rings is 1. The number of rotatable bonds is 5. The van der Waals surface area contributed by atoms with Crippen molar-refractivity contribution in [1.29, 1.82) is 0 Å². The van der Waals surface area contributed by atoms with E-state index in [1.165, 1.54) is 12.4 Å². The van der Waals surface area contributed by atoms with Crippen molar-refractivity contribution in [2.45, 2.75) is 19.1 Å². The van der Waals surface area contributed by atoms with Crippen LogP contribution in [0.25, 0.3) is 5.69 Å². The van der Waals surface area contributed by atoms with Crippen LogP contribution in [0.15, 0.2) is 55.0 Å². The molecule has 158 valence electrons. The lowest BCUT2D eigenvalue weighted by Gasteiger charge is -2.14. The number of hydrogen-bond acceptors (Lipinski definition) is 4. The van der Waals surface area contributed by atoms with Gasteiger partial charge in [-0.25, -0.2) is 4.68 Å². The zero-order valence-electron chi connectivity index (χ0n) is 14.8. The molecular weight excluding hydrogens is 418 g/mol. The summed E-state index contributed by atoms with van der Waals surface area (Å²) < 4.78 is 81.7. The molecule has 0 bridgehead atoms. The molecule has 1 aromatic carbocycles. The summed E-state index contributed by atoms with van der Waals surface area (Å²) in [6.07, 6.45) is -6.22. The molecule has 3 aromatic rings. The molecule has 3 rings (SSSR count). The van der Waals surface area contributed by atoms with Crippen molar-refractivity contribution in [3.63, 3.8) is 0 Å². The van der Waals surface area contributed by atoms with Crippen molar-refractivity contribution in [2.75, 3.05) is 0 Å². The average molecular weight is 430 g/mol. The summed E-state index contributed by atoms with van der Waals surface area (Å²) in [6.45, 7) is -0.0569. The smallest absolute Gasteiger partial charge is 0.406 e. The lowest BCUT2D eigenvalue weighted by Crippen LogP contribution is -2.26. The Morgan fingerprint density at radius 2 is 1.73 bits per heavy atom. The van der Waals surface area contributed by atoms with Crippen LogP contribution in [0.5, 0.6) is 5.75 Å². The number of halogens is 6. The lowest BCUT2D eigenvalue weighted by atomic mass is 10.2. The minimum Gasteiger partial charge on any atom is -0.406 e. The molecule has 0 spiro atoms. The van der Waals surface area contributed by atoms with E-state index >= 15 is 0 Å². The highest BCUT2D eigenvalue weighted by Gasteiger charge is 2.40. The van der Waals surface area contributed by atoms with Crippen LogP contribution in [0.4, 0.5) is 26.3 Å². The van der Waals surface area contributed by atoms with Crippen molar-refractivity contribution in [1.82, 2.24) is 20.1 Å². The van der Waals surface area contributed by atoms with Gasteiger partial charge in [0.1, 0.15) is 5.75 Å². The second kappa shape index (κ2) is 8.05. The molecule has 2 heterocycles. The summed E-state index contributed by atoms with van der Waals surface area (Å²) >= 11 is 0. The van der Waals surface area contributed by atoms with E-state index in [4.69, 9.17) is 0 Å². The number of aromatic nitrogens is 3. The van der Waals surface area contributed by atoms with Gasteiger partial charge in [0, 0.05) is 18.9 Å². The maximum atomic E-state index is 13.6. The third-order valence-corrected chi connectivity index (χ3v) is 3.77. The molecule has 0 saturated heterocycles. The van der Waals surface area contributed by atoms with E-state index in [9.17, 15) is 31.1 Å². The molecule has 0 saturated carbocycles. The Balaban J connectivity index is 1.88. The van der Waals surface area contributed by atoms with Gasteiger partial charge in [-0.15, -0.1) is 13.2 Å². The molecule has 0 atom stereocenters. The number of benzene rings is 1. The summed E-state index contributed by atoms with van der Waals surface area (Å²) in [6, 6.07) is 6.83. The van der Waals surface area contributed by atoms with E-state index in [-0.39, 0.29) is 12.2 Å². The van der Waals surface area contributed by atoms with E-state index in [1.807, 2.05) is 0 Å². The quantitative estimate of drug-likeness (QED) is 0.619. The minimum absolute atomic E-state index is 0.0569. The molecule has 2 aromatic heterocycles. The van der Waals surface area contributed by atoms with Crippen LogP contribution in [0.1, 0.15) is 21.6 Å². The maximum Gasteiger partial charge on any atom is 0.573 e. The molecule has 0 aliphatic carbocycles. The van der Waals surface area contributed by atoms with Gasteiger partial charge in [0.25, 0.3) is 5.91 Å². The molecule has 0 aliphatic heterocycles. The van der Waals surface area contributed by atoms with Gasteiger partial charge in [-0.3, -0.25) is 9.78 Å². The van der Waals surface area contributed by atoms with Gasteiger partial charge in [-0.2, -0.15) is 18.3 Å². The molecule has 0 radical (unpaired) electrons. The van der Waals surface area contributed by atoms with Crippen molar-refractivity contribution < 1.29 is 35.9 Å². The molecule has 0 unspecified atom stereocenters. The van der Waals surface area contributed by atoms with Gasteiger partial charge in [0.15, 0.2) is 5.69 Å². The first-order valence-corrected chi connectivity index (χ1v) is 8.23. The number of nitrogens with zero attached hydrogens (tertiary/aromatic N) is 3. The SMILES string of the molecule is O=C(NCc1cccnc1)c1cnn(-c2ccc(OC(F)(F)F)cc2)c1C(F)(F)F. The summed E-state index contributed by atoms with van der Waals surface area (Å²) in [7, 11) is 0. The largest absolute Gasteiger partial charge is 0.573 e. The van der Waals surface area contributed by atoms with Crippen LogP contribution in [-0.2, 0) is 12.7 Å². The van der Waals surface area contributed by atoms with Gasteiger partial charge in [0.05, 0.1) is 17.4 Å². The van der Waals surface area contributed by atoms with Crippen LogP contribution in [-0.4, -0.2) is 27.0 Å². The molecule has 0 fully saturated rings. The number of carbonyl (C=O) groups excluding carboxylic acids is 1. The Labute approximate surface area is 165 Å². The van der Waals surface area contributed by atoms with Crippen LogP contribution in [0.3, 0.4) is 0 Å². The monoisotopic (exact) mass is 430 g/mol. The number of alkyl halides is 6. The Morgan fingerprint density at radius 1 is 1.03 bits per heavy atom. The fourth-order valence-corrected chi connectivity index (χ4v) is 2.55. The molecule has 12 heteroatoms. The number of ether oxygens (including phenoxy) is 1.